The summed E-state index contributed by atoms with van der Waals surface area (Å²) in [6.07, 6.45) is 3.87. The molecule has 6 heteroatoms. The van der Waals surface area contributed by atoms with Gasteiger partial charge in [-0.3, -0.25) is 4.79 Å². The van der Waals surface area contributed by atoms with Crippen LogP contribution in [0.1, 0.15) is 32.1 Å². The van der Waals surface area contributed by atoms with Gasteiger partial charge >= 0.3 is 0 Å². The van der Waals surface area contributed by atoms with E-state index in [2.05, 4.69) is 0 Å². The highest BCUT2D eigenvalue weighted by Crippen LogP contribution is 2.44. The first-order valence-electron chi connectivity index (χ1n) is 8.39. The van der Waals surface area contributed by atoms with Crippen molar-refractivity contribution in [2.24, 2.45) is 5.41 Å². The lowest BCUT2D eigenvalue weighted by molar-refractivity contribution is -0.127. The number of rotatable bonds is 3. The number of carbonyl (C=O) groups excluding carboxylic acids is 1. The molecule has 4 rings (SSSR count). The molecule has 0 bridgehead atoms. The van der Waals surface area contributed by atoms with Gasteiger partial charge in [0.1, 0.15) is 0 Å². The summed E-state index contributed by atoms with van der Waals surface area (Å²) >= 11 is 0. The third kappa shape index (κ3) is 2.48. The number of hydrogen-bond acceptors (Lipinski definition) is 3. The van der Waals surface area contributed by atoms with Crippen molar-refractivity contribution in [3.05, 3.63) is 30.3 Å². The molecule has 23 heavy (non-hydrogen) atoms. The molecular weight excluding hydrogens is 312 g/mol. The van der Waals surface area contributed by atoms with Crippen LogP contribution in [-0.2, 0) is 14.8 Å². The average Bonchev–Trinajstić information content (AvgIpc) is 3.38. The molecule has 1 aromatic rings. The van der Waals surface area contributed by atoms with Gasteiger partial charge in [-0.05, 0) is 44.2 Å². The van der Waals surface area contributed by atoms with Gasteiger partial charge in [0.05, 0.1) is 10.7 Å². The molecule has 5 nitrogen and oxygen atoms in total. The number of benzene rings is 1. The average molecular weight is 334 g/mol. The monoisotopic (exact) mass is 334 g/mol. The minimum Gasteiger partial charge on any atom is -0.312 e. The Morgan fingerprint density at radius 3 is 2.48 bits per heavy atom. The number of sulfonamides is 1. The normalized spacial score (nSPS) is 29.4. The van der Waals surface area contributed by atoms with Crippen LogP contribution in [0.5, 0.6) is 0 Å². The maximum absolute atomic E-state index is 13.0. The standard InChI is InChI=1S/C17H22N2O3S/c20-16-17(10-12-19(16)14-5-2-1-3-6-14)9-4-11-18(13-17)23(21,22)15-7-8-15/h1-3,5-6,15H,4,7-13H2/t17-/m0/s1. The second kappa shape index (κ2) is 5.31. The molecule has 0 aromatic heterocycles. The van der Waals surface area contributed by atoms with Crippen molar-refractivity contribution in [3.63, 3.8) is 0 Å². The molecule has 0 radical (unpaired) electrons. The summed E-state index contributed by atoms with van der Waals surface area (Å²) in [7, 11) is -3.20. The highest BCUT2D eigenvalue weighted by molar-refractivity contribution is 7.90. The highest BCUT2D eigenvalue weighted by atomic mass is 32.2. The minimum atomic E-state index is -3.20. The Hall–Kier alpha value is -1.40. The molecule has 2 aliphatic heterocycles. The van der Waals surface area contributed by atoms with Gasteiger partial charge in [-0.25, -0.2) is 12.7 Å². The molecular formula is C17H22N2O3S. The number of nitrogens with zero attached hydrogens (tertiary/aromatic N) is 2. The Labute approximate surface area is 137 Å². The summed E-state index contributed by atoms with van der Waals surface area (Å²) in [6, 6.07) is 9.68. The second-order valence-corrected chi connectivity index (χ2v) is 9.22. The van der Waals surface area contributed by atoms with Crippen LogP contribution in [0, 0.1) is 5.41 Å². The fourth-order valence-corrected chi connectivity index (χ4v) is 5.90. The molecule has 2 saturated heterocycles. The van der Waals surface area contributed by atoms with Crippen molar-refractivity contribution in [1.29, 1.82) is 0 Å². The Kier molecular flexibility index (Phi) is 3.50. The number of para-hydroxylation sites is 1. The van der Waals surface area contributed by atoms with E-state index in [1.165, 1.54) is 0 Å². The van der Waals surface area contributed by atoms with Crippen molar-refractivity contribution >= 4 is 21.6 Å². The molecule has 0 N–H and O–H groups in total. The molecule has 1 aliphatic carbocycles. The molecule has 1 saturated carbocycles. The minimum absolute atomic E-state index is 0.0967. The van der Waals surface area contributed by atoms with E-state index in [4.69, 9.17) is 0 Å². The smallest absolute Gasteiger partial charge is 0.234 e. The molecule has 3 fully saturated rings. The van der Waals surface area contributed by atoms with Crippen molar-refractivity contribution in [1.82, 2.24) is 4.31 Å². The number of hydrogen-bond donors (Lipinski definition) is 0. The quantitative estimate of drug-likeness (QED) is 0.849. The Morgan fingerprint density at radius 2 is 1.78 bits per heavy atom. The van der Waals surface area contributed by atoms with Gasteiger partial charge in [0.15, 0.2) is 0 Å². The summed E-state index contributed by atoms with van der Waals surface area (Å²) in [6.45, 7) is 1.62. The molecule has 0 unspecified atom stereocenters. The molecule has 2 heterocycles. The first-order chi connectivity index (χ1) is 11.0. The third-order valence-corrected chi connectivity index (χ3v) is 7.77. The molecule has 124 valence electrons. The van der Waals surface area contributed by atoms with Crippen LogP contribution >= 0.6 is 0 Å². The second-order valence-electron chi connectivity index (χ2n) is 7.00. The van der Waals surface area contributed by atoms with Crippen LogP contribution in [0.15, 0.2) is 30.3 Å². The van der Waals surface area contributed by atoms with Gasteiger partial charge in [-0.15, -0.1) is 0 Å². The molecule has 1 atom stereocenters. The summed E-state index contributed by atoms with van der Waals surface area (Å²) in [5, 5.41) is -0.195. The Balaban J connectivity index is 1.58. The lowest BCUT2D eigenvalue weighted by atomic mass is 9.79. The molecule has 1 spiro atoms. The molecule has 3 aliphatic rings. The summed E-state index contributed by atoms with van der Waals surface area (Å²) < 4.78 is 26.7. The fraction of sp³-hybridized carbons (Fsp3) is 0.588. The molecule has 1 aromatic carbocycles. The van der Waals surface area contributed by atoms with Crippen LogP contribution in [0.2, 0.25) is 0 Å². The summed E-state index contributed by atoms with van der Waals surface area (Å²) in [5.41, 5.74) is 0.396. The predicted molar refractivity (Wildman–Crippen MR) is 88.6 cm³/mol. The highest BCUT2D eigenvalue weighted by Gasteiger charge is 2.52. The fourth-order valence-electron chi connectivity index (χ4n) is 3.94. The van der Waals surface area contributed by atoms with E-state index in [-0.39, 0.29) is 11.2 Å². The van der Waals surface area contributed by atoms with E-state index in [0.29, 0.717) is 19.6 Å². The van der Waals surface area contributed by atoms with Crippen molar-refractivity contribution in [2.45, 2.75) is 37.4 Å². The van der Waals surface area contributed by atoms with Crippen LogP contribution in [0.4, 0.5) is 5.69 Å². The summed E-state index contributed by atoms with van der Waals surface area (Å²) in [4.78, 5) is 14.9. The van der Waals surface area contributed by atoms with E-state index in [1.807, 2.05) is 35.2 Å². The van der Waals surface area contributed by atoms with E-state index < -0.39 is 15.4 Å². The SMILES string of the molecule is O=C1N(c2ccccc2)CC[C@]12CCCN(S(=O)(=O)C1CC1)C2. The van der Waals surface area contributed by atoms with Gasteiger partial charge < -0.3 is 4.90 Å². The van der Waals surface area contributed by atoms with Crippen LogP contribution in [-0.4, -0.2) is 43.5 Å². The van der Waals surface area contributed by atoms with Gasteiger partial charge in [-0.2, -0.15) is 0 Å². The zero-order valence-corrected chi connectivity index (χ0v) is 14.0. The molecule has 1 amide bonds. The lowest BCUT2D eigenvalue weighted by Crippen LogP contribution is -2.50. The van der Waals surface area contributed by atoms with Crippen LogP contribution in [0.25, 0.3) is 0 Å². The van der Waals surface area contributed by atoms with E-state index >= 15 is 0 Å². The number of carbonyl (C=O) groups is 1. The first kappa shape index (κ1) is 15.1. The Bertz CT molecular complexity index is 715. The van der Waals surface area contributed by atoms with E-state index in [1.54, 1.807) is 4.31 Å². The Morgan fingerprint density at radius 1 is 1.04 bits per heavy atom. The third-order valence-electron chi connectivity index (χ3n) is 5.43. The zero-order valence-electron chi connectivity index (χ0n) is 13.1. The van der Waals surface area contributed by atoms with Gasteiger partial charge in [0, 0.05) is 25.3 Å². The van der Waals surface area contributed by atoms with Crippen molar-refractivity contribution in [3.8, 4) is 0 Å². The topological polar surface area (TPSA) is 57.7 Å². The van der Waals surface area contributed by atoms with Gasteiger partial charge in [0.25, 0.3) is 0 Å². The van der Waals surface area contributed by atoms with Crippen molar-refractivity contribution in [2.75, 3.05) is 24.5 Å². The lowest BCUT2D eigenvalue weighted by Gasteiger charge is -2.38. The number of anilines is 1. The maximum atomic E-state index is 13.0. The van der Waals surface area contributed by atoms with Crippen LogP contribution in [0.3, 0.4) is 0 Å². The number of amides is 1. The first-order valence-corrected chi connectivity index (χ1v) is 9.89. The zero-order chi connectivity index (χ0) is 16.1. The van der Waals surface area contributed by atoms with E-state index in [9.17, 15) is 13.2 Å². The maximum Gasteiger partial charge on any atom is 0.234 e. The van der Waals surface area contributed by atoms with Gasteiger partial charge in [-0.1, -0.05) is 18.2 Å². The largest absolute Gasteiger partial charge is 0.312 e. The van der Waals surface area contributed by atoms with E-state index in [0.717, 1.165) is 37.8 Å². The van der Waals surface area contributed by atoms with Crippen LogP contribution < -0.4 is 4.90 Å². The summed E-state index contributed by atoms with van der Waals surface area (Å²) in [5.74, 6) is 0.0967. The van der Waals surface area contributed by atoms with Crippen molar-refractivity contribution < 1.29 is 13.2 Å². The van der Waals surface area contributed by atoms with Gasteiger partial charge in [0.2, 0.25) is 15.9 Å². The predicted octanol–water partition coefficient (Wildman–Crippen LogP) is 2.00. The number of piperidine rings is 1.